The Kier molecular flexibility index (Phi) is 7.25. The molecule has 0 fully saturated rings. The monoisotopic (exact) mass is 450 g/mol. The zero-order valence-corrected chi connectivity index (χ0v) is 17.5. The van der Waals surface area contributed by atoms with Gasteiger partial charge in [0.15, 0.2) is 5.96 Å². The number of guanidine groups is 1. The molecule has 2 aromatic carbocycles. The van der Waals surface area contributed by atoms with Gasteiger partial charge in [0, 0.05) is 32.4 Å². The fourth-order valence-electron chi connectivity index (χ4n) is 3.16. The minimum Gasteiger partial charge on any atom is -0.352 e. The summed E-state index contributed by atoms with van der Waals surface area (Å²) in [5.41, 5.74) is 5.27. The molecule has 0 atom stereocenters. The highest BCUT2D eigenvalue weighted by atomic mass is 127. The van der Waals surface area contributed by atoms with Gasteiger partial charge in [0.1, 0.15) is 0 Å². The van der Waals surface area contributed by atoms with E-state index in [9.17, 15) is 0 Å². The van der Waals surface area contributed by atoms with Crippen LogP contribution >= 0.6 is 24.0 Å². The first kappa shape index (κ1) is 19.7. The van der Waals surface area contributed by atoms with E-state index in [2.05, 4.69) is 82.7 Å². The quantitative estimate of drug-likeness (QED) is 0.440. The maximum Gasteiger partial charge on any atom is 0.198 e. The minimum atomic E-state index is 0. The minimum absolute atomic E-state index is 0. The lowest BCUT2D eigenvalue weighted by Crippen LogP contribution is -2.40. The third-order valence-corrected chi connectivity index (χ3v) is 4.33. The molecule has 0 aliphatic carbocycles. The summed E-state index contributed by atoms with van der Waals surface area (Å²) < 4.78 is 0. The number of anilines is 1. The molecule has 0 spiro atoms. The van der Waals surface area contributed by atoms with E-state index < -0.39 is 0 Å². The number of para-hydroxylation sites is 1. The van der Waals surface area contributed by atoms with Crippen molar-refractivity contribution < 1.29 is 0 Å². The van der Waals surface area contributed by atoms with Crippen LogP contribution in [0.25, 0.3) is 0 Å². The van der Waals surface area contributed by atoms with Gasteiger partial charge in [-0.15, -0.1) is 24.0 Å². The first-order valence-electron chi connectivity index (χ1n) is 8.46. The molecule has 0 bridgehead atoms. The number of fused-ring (bicyclic) bond motifs is 1. The van der Waals surface area contributed by atoms with Gasteiger partial charge in [0.05, 0.1) is 0 Å². The molecule has 2 aromatic rings. The number of hydrogen-bond donors (Lipinski definition) is 1. The summed E-state index contributed by atoms with van der Waals surface area (Å²) in [6, 6.07) is 17.4. The zero-order valence-electron chi connectivity index (χ0n) is 15.2. The van der Waals surface area contributed by atoms with Crippen molar-refractivity contribution in [2.45, 2.75) is 19.5 Å². The zero-order chi connectivity index (χ0) is 16.9. The summed E-state index contributed by atoms with van der Waals surface area (Å²) in [6.07, 6.45) is 1.08. The molecule has 25 heavy (non-hydrogen) atoms. The number of benzene rings is 2. The molecule has 0 saturated carbocycles. The second-order valence-electron chi connectivity index (χ2n) is 6.49. The molecule has 1 N–H and O–H groups in total. The molecule has 0 unspecified atom stereocenters. The number of aliphatic imine (C=N–C) groups is 1. The molecular weight excluding hydrogens is 423 g/mol. The van der Waals surface area contributed by atoms with Crippen molar-refractivity contribution in [1.82, 2.24) is 10.2 Å². The Labute approximate surface area is 168 Å². The highest BCUT2D eigenvalue weighted by Gasteiger charge is 2.22. The van der Waals surface area contributed by atoms with Crippen molar-refractivity contribution in [3.63, 3.8) is 0 Å². The van der Waals surface area contributed by atoms with Crippen LogP contribution in [0.1, 0.15) is 16.7 Å². The third-order valence-electron chi connectivity index (χ3n) is 4.33. The van der Waals surface area contributed by atoms with Crippen molar-refractivity contribution >= 4 is 35.6 Å². The topological polar surface area (TPSA) is 30.9 Å². The van der Waals surface area contributed by atoms with Crippen LogP contribution in [0.3, 0.4) is 0 Å². The number of nitrogens with one attached hydrogen (secondary N) is 1. The van der Waals surface area contributed by atoms with E-state index in [0.29, 0.717) is 0 Å². The summed E-state index contributed by atoms with van der Waals surface area (Å²) >= 11 is 0. The molecule has 0 saturated heterocycles. The van der Waals surface area contributed by atoms with Gasteiger partial charge in [-0.3, -0.25) is 4.99 Å². The third kappa shape index (κ3) is 4.95. The maximum absolute atomic E-state index is 4.47. The van der Waals surface area contributed by atoms with Crippen LogP contribution in [0.5, 0.6) is 0 Å². The molecule has 134 valence electrons. The summed E-state index contributed by atoms with van der Waals surface area (Å²) in [5, 5.41) is 3.49. The van der Waals surface area contributed by atoms with E-state index >= 15 is 0 Å². The highest BCUT2D eigenvalue weighted by molar-refractivity contribution is 14.0. The van der Waals surface area contributed by atoms with Crippen LogP contribution in [0, 0.1) is 0 Å². The van der Waals surface area contributed by atoms with Crippen molar-refractivity contribution in [1.29, 1.82) is 0 Å². The lowest BCUT2D eigenvalue weighted by atomic mass is 10.1. The van der Waals surface area contributed by atoms with E-state index in [-0.39, 0.29) is 24.0 Å². The Morgan fingerprint density at radius 2 is 1.76 bits per heavy atom. The fraction of sp³-hybridized carbons (Fsp3) is 0.350. The van der Waals surface area contributed by atoms with Gasteiger partial charge in [0.2, 0.25) is 0 Å². The number of halogens is 1. The molecule has 0 aromatic heterocycles. The standard InChI is InChI=1S/C20H26N4.HI/c1-21-20(24-13-12-18-6-4-5-7-19(18)24)22-14-16-8-10-17(11-9-16)15-23(2)3;/h4-11H,12-15H2,1-3H3,(H,21,22);1H. The number of rotatable bonds is 4. The van der Waals surface area contributed by atoms with Gasteiger partial charge < -0.3 is 15.1 Å². The normalized spacial score (nSPS) is 13.6. The lowest BCUT2D eigenvalue weighted by Gasteiger charge is -2.22. The first-order chi connectivity index (χ1) is 11.7. The van der Waals surface area contributed by atoms with E-state index in [0.717, 1.165) is 32.0 Å². The van der Waals surface area contributed by atoms with Crippen molar-refractivity contribution in [2.75, 3.05) is 32.6 Å². The summed E-state index contributed by atoms with van der Waals surface area (Å²) in [5.74, 6) is 0.942. The Morgan fingerprint density at radius 3 is 2.44 bits per heavy atom. The second-order valence-corrected chi connectivity index (χ2v) is 6.49. The molecular formula is C20H27IN4. The molecule has 1 aliphatic heterocycles. The Balaban J connectivity index is 0.00000225. The predicted molar refractivity (Wildman–Crippen MR) is 117 cm³/mol. The molecule has 0 radical (unpaired) electrons. The van der Waals surface area contributed by atoms with Crippen molar-refractivity contribution in [2.24, 2.45) is 4.99 Å². The fourth-order valence-corrected chi connectivity index (χ4v) is 3.16. The second kappa shape index (κ2) is 9.20. The van der Waals surface area contributed by atoms with Gasteiger partial charge in [-0.1, -0.05) is 42.5 Å². The molecule has 1 heterocycles. The van der Waals surface area contributed by atoms with Crippen LogP contribution in [0.2, 0.25) is 0 Å². The van der Waals surface area contributed by atoms with E-state index in [1.807, 2.05) is 7.05 Å². The molecule has 4 nitrogen and oxygen atoms in total. The molecule has 0 amide bonds. The van der Waals surface area contributed by atoms with Gasteiger partial charge in [-0.05, 0) is 43.3 Å². The summed E-state index contributed by atoms with van der Waals surface area (Å²) in [6.45, 7) is 2.74. The number of hydrogen-bond acceptors (Lipinski definition) is 2. The average molecular weight is 450 g/mol. The van der Waals surface area contributed by atoms with Gasteiger partial charge in [-0.25, -0.2) is 0 Å². The summed E-state index contributed by atoms with van der Waals surface area (Å²) in [7, 11) is 6.03. The largest absolute Gasteiger partial charge is 0.352 e. The van der Waals surface area contributed by atoms with Crippen molar-refractivity contribution in [3.05, 3.63) is 65.2 Å². The Morgan fingerprint density at radius 1 is 1.08 bits per heavy atom. The Bertz CT molecular complexity index is 710. The molecule has 3 rings (SSSR count). The molecule has 1 aliphatic rings. The lowest BCUT2D eigenvalue weighted by molar-refractivity contribution is 0.402. The maximum atomic E-state index is 4.47. The predicted octanol–water partition coefficient (Wildman–Crippen LogP) is 3.50. The van der Waals surface area contributed by atoms with Gasteiger partial charge in [0.25, 0.3) is 0 Å². The van der Waals surface area contributed by atoms with Crippen LogP contribution in [0.4, 0.5) is 5.69 Å². The van der Waals surface area contributed by atoms with Crippen LogP contribution in [0.15, 0.2) is 53.5 Å². The van der Waals surface area contributed by atoms with E-state index in [1.54, 1.807) is 0 Å². The highest BCUT2D eigenvalue weighted by Crippen LogP contribution is 2.27. The SMILES string of the molecule is CN=C(NCc1ccc(CN(C)C)cc1)N1CCc2ccccc21.I. The van der Waals surface area contributed by atoms with Crippen LogP contribution in [-0.2, 0) is 19.5 Å². The van der Waals surface area contributed by atoms with Gasteiger partial charge in [-0.2, -0.15) is 0 Å². The first-order valence-corrected chi connectivity index (χ1v) is 8.46. The van der Waals surface area contributed by atoms with Crippen LogP contribution in [-0.4, -0.2) is 38.5 Å². The number of nitrogens with zero attached hydrogens (tertiary/aromatic N) is 3. The van der Waals surface area contributed by atoms with E-state index in [4.69, 9.17) is 0 Å². The summed E-state index contributed by atoms with van der Waals surface area (Å²) in [4.78, 5) is 8.92. The van der Waals surface area contributed by atoms with Crippen molar-refractivity contribution in [3.8, 4) is 0 Å². The average Bonchev–Trinajstić information content (AvgIpc) is 3.01. The smallest absolute Gasteiger partial charge is 0.198 e. The molecule has 5 heteroatoms. The van der Waals surface area contributed by atoms with Crippen LogP contribution < -0.4 is 10.2 Å². The van der Waals surface area contributed by atoms with E-state index in [1.165, 1.54) is 22.4 Å². The Hall–Kier alpha value is -1.60. The van der Waals surface area contributed by atoms with Gasteiger partial charge >= 0.3 is 0 Å².